The molecule has 0 fully saturated rings. The third kappa shape index (κ3) is 5.57. The van der Waals surface area contributed by atoms with Crippen molar-refractivity contribution in [1.82, 2.24) is 10.6 Å². The van der Waals surface area contributed by atoms with Gasteiger partial charge >= 0.3 is 0 Å². The second kappa shape index (κ2) is 8.39. The van der Waals surface area contributed by atoms with Crippen LogP contribution in [0.5, 0.6) is 5.75 Å². The van der Waals surface area contributed by atoms with E-state index in [1.165, 1.54) is 0 Å². The van der Waals surface area contributed by atoms with Crippen LogP contribution in [0.15, 0.2) is 29.3 Å². The lowest BCUT2D eigenvalue weighted by Crippen LogP contribution is -2.38. The Balaban J connectivity index is 2.38. The lowest BCUT2D eigenvalue weighted by atomic mass is 10.1. The van der Waals surface area contributed by atoms with E-state index in [1.807, 2.05) is 12.1 Å². The first kappa shape index (κ1) is 14.4. The Hall–Kier alpha value is -1.71. The highest BCUT2D eigenvalue weighted by atomic mass is 16.3. The Kier molecular flexibility index (Phi) is 6.69. The minimum atomic E-state index is 0.319. The van der Waals surface area contributed by atoms with E-state index in [0.717, 1.165) is 44.0 Å². The van der Waals surface area contributed by atoms with E-state index in [1.54, 1.807) is 12.1 Å². The van der Waals surface area contributed by atoms with Crippen molar-refractivity contribution in [3.63, 3.8) is 0 Å². The fourth-order valence-corrected chi connectivity index (χ4v) is 1.60. The molecule has 0 spiro atoms. The number of nitrogens with zero attached hydrogens (tertiary/aromatic N) is 1. The van der Waals surface area contributed by atoms with Gasteiger partial charge in [0.1, 0.15) is 5.75 Å². The number of hydrogen-bond donors (Lipinski definition) is 3. The van der Waals surface area contributed by atoms with Gasteiger partial charge in [-0.3, -0.25) is 4.99 Å². The Morgan fingerprint density at radius 1 is 1.28 bits per heavy atom. The van der Waals surface area contributed by atoms with Crippen LogP contribution in [0.25, 0.3) is 0 Å². The van der Waals surface area contributed by atoms with Gasteiger partial charge in [0, 0.05) is 19.6 Å². The van der Waals surface area contributed by atoms with Crippen LogP contribution in [0.4, 0.5) is 0 Å². The second-order valence-corrected chi connectivity index (χ2v) is 4.11. The zero-order valence-corrected chi connectivity index (χ0v) is 11.2. The van der Waals surface area contributed by atoms with Crippen molar-refractivity contribution in [2.75, 3.05) is 19.6 Å². The molecule has 3 N–H and O–H groups in total. The van der Waals surface area contributed by atoms with Gasteiger partial charge in [-0.1, -0.05) is 19.1 Å². The number of hydrogen-bond acceptors (Lipinski definition) is 2. The Labute approximate surface area is 109 Å². The van der Waals surface area contributed by atoms with Crippen LogP contribution in [-0.4, -0.2) is 30.7 Å². The molecule has 1 aromatic carbocycles. The van der Waals surface area contributed by atoms with Gasteiger partial charge in [-0.05, 0) is 37.5 Å². The maximum absolute atomic E-state index is 9.37. The first-order valence-corrected chi connectivity index (χ1v) is 6.56. The topological polar surface area (TPSA) is 56.7 Å². The molecule has 0 aliphatic rings. The molecule has 0 unspecified atom stereocenters. The fourth-order valence-electron chi connectivity index (χ4n) is 1.60. The predicted octanol–water partition coefficient (Wildman–Crippen LogP) is 1.90. The number of phenols is 1. The fraction of sp³-hybridized carbons (Fsp3) is 0.500. The number of rotatable bonds is 6. The van der Waals surface area contributed by atoms with Gasteiger partial charge in [0.25, 0.3) is 0 Å². The number of aliphatic imine (C=N–C) groups is 1. The molecule has 0 radical (unpaired) electrons. The Morgan fingerprint density at radius 2 is 2.11 bits per heavy atom. The standard InChI is InChI=1S/C14H23N3O/c1-3-9-16-14(15-4-2)17-10-8-12-6-5-7-13(18)11-12/h5-7,11,18H,3-4,8-10H2,1-2H3,(H2,15,16,17). The van der Waals surface area contributed by atoms with Crippen LogP contribution in [0.2, 0.25) is 0 Å². The highest BCUT2D eigenvalue weighted by Gasteiger charge is 1.98. The summed E-state index contributed by atoms with van der Waals surface area (Å²) >= 11 is 0. The highest BCUT2D eigenvalue weighted by molar-refractivity contribution is 5.79. The molecule has 0 bridgehead atoms. The monoisotopic (exact) mass is 249 g/mol. The van der Waals surface area contributed by atoms with Gasteiger partial charge in [-0.25, -0.2) is 0 Å². The maximum atomic E-state index is 9.37. The summed E-state index contributed by atoms with van der Waals surface area (Å²) in [5, 5.41) is 15.9. The van der Waals surface area contributed by atoms with E-state index in [2.05, 4.69) is 29.5 Å². The molecule has 4 nitrogen and oxygen atoms in total. The molecule has 100 valence electrons. The van der Waals surface area contributed by atoms with Crippen LogP contribution in [0.3, 0.4) is 0 Å². The van der Waals surface area contributed by atoms with Crippen LogP contribution in [0, 0.1) is 0 Å². The first-order chi connectivity index (χ1) is 8.76. The number of aromatic hydroxyl groups is 1. The Bertz CT molecular complexity index is 377. The second-order valence-electron chi connectivity index (χ2n) is 4.11. The van der Waals surface area contributed by atoms with Crippen molar-refractivity contribution in [2.45, 2.75) is 26.7 Å². The molecule has 4 heteroatoms. The van der Waals surface area contributed by atoms with Crippen LogP contribution >= 0.6 is 0 Å². The molecule has 0 heterocycles. The van der Waals surface area contributed by atoms with Crippen LogP contribution in [-0.2, 0) is 6.42 Å². The average Bonchev–Trinajstić information content (AvgIpc) is 2.36. The zero-order chi connectivity index (χ0) is 13.2. The number of nitrogens with one attached hydrogen (secondary N) is 2. The Morgan fingerprint density at radius 3 is 2.78 bits per heavy atom. The molecule has 0 aliphatic carbocycles. The summed E-state index contributed by atoms with van der Waals surface area (Å²) in [6, 6.07) is 7.35. The average molecular weight is 249 g/mol. The van der Waals surface area contributed by atoms with Gasteiger partial charge in [0.15, 0.2) is 5.96 Å². The summed E-state index contributed by atoms with van der Waals surface area (Å²) in [4.78, 5) is 4.43. The van der Waals surface area contributed by atoms with E-state index in [4.69, 9.17) is 0 Å². The summed E-state index contributed by atoms with van der Waals surface area (Å²) in [6.45, 7) is 6.67. The summed E-state index contributed by atoms with van der Waals surface area (Å²) < 4.78 is 0. The minimum Gasteiger partial charge on any atom is -0.508 e. The van der Waals surface area contributed by atoms with Crippen molar-refractivity contribution in [2.24, 2.45) is 4.99 Å². The lowest BCUT2D eigenvalue weighted by molar-refractivity contribution is 0.474. The van der Waals surface area contributed by atoms with Gasteiger partial charge in [-0.15, -0.1) is 0 Å². The van der Waals surface area contributed by atoms with Gasteiger partial charge < -0.3 is 15.7 Å². The number of benzene rings is 1. The summed E-state index contributed by atoms with van der Waals surface area (Å²) in [6.07, 6.45) is 1.91. The molecule has 0 amide bonds. The zero-order valence-electron chi connectivity index (χ0n) is 11.2. The molecule has 0 saturated heterocycles. The van der Waals surface area contributed by atoms with Crippen molar-refractivity contribution in [1.29, 1.82) is 0 Å². The molecule has 1 aromatic rings. The van der Waals surface area contributed by atoms with E-state index in [-0.39, 0.29) is 0 Å². The number of phenolic OH excluding ortho intramolecular Hbond substituents is 1. The van der Waals surface area contributed by atoms with Crippen LogP contribution in [0.1, 0.15) is 25.8 Å². The highest BCUT2D eigenvalue weighted by Crippen LogP contribution is 2.10. The van der Waals surface area contributed by atoms with Gasteiger partial charge in [-0.2, -0.15) is 0 Å². The molecule has 18 heavy (non-hydrogen) atoms. The largest absolute Gasteiger partial charge is 0.508 e. The van der Waals surface area contributed by atoms with Crippen molar-refractivity contribution in [3.05, 3.63) is 29.8 Å². The van der Waals surface area contributed by atoms with Crippen molar-refractivity contribution >= 4 is 5.96 Å². The van der Waals surface area contributed by atoms with Crippen molar-refractivity contribution < 1.29 is 5.11 Å². The lowest BCUT2D eigenvalue weighted by Gasteiger charge is -2.11. The van der Waals surface area contributed by atoms with Gasteiger partial charge in [0.2, 0.25) is 0 Å². The quantitative estimate of drug-likeness (QED) is 0.533. The molecule has 0 aliphatic heterocycles. The normalized spacial score (nSPS) is 11.3. The minimum absolute atomic E-state index is 0.319. The van der Waals surface area contributed by atoms with Crippen LogP contribution < -0.4 is 10.6 Å². The predicted molar refractivity (Wildman–Crippen MR) is 76.1 cm³/mol. The van der Waals surface area contributed by atoms with E-state index in [9.17, 15) is 5.11 Å². The third-order valence-electron chi connectivity index (χ3n) is 2.45. The van der Waals surface area contributed by atoms with E-state index < -0.39 is 0 Å². The van der Waals surface area contributed by atoms with E-state index in [0.29, 0.717) is 5.75 Å². The molecular formula is C14H23N3O. The first-order valence-electron chi connectivity index (χ1n) is 6.56. The summed E-state index contributed by atoms with van der Waals surface area (Å²) in [7, 11) is 0. The SMILES string of the molecule is CCCN=C(NCC)NCCc1cccc(O)c1. The van der Waals surface area contributed by atoms with Crippen molar-refractivity contribution in [3.8, 4) is 5.75 Å². The molecule has 0 aromatic heterocycles. The third-order valence-corrected chi connectivity index (χ3v) is 2.45. The maximum Gasteiger partial charge on any atom is 0.191 e. The summed E-state index contributed by atoms with van der Waals surface area (Å²) in [5.74, 6) is 1.18. The van der Waals surface area contributed by atoms with E-state index >= 15 is 0 Å². The smallest absolute Gasteiger partial charge is 0.191 e. The summed E-state index contributed by atoms with van der Waals surface area (Å²) in [5.41, 5.74) is 1.12. The number of guanidine groups is 1. The molecular weight excluding hydrogens is 226 g/mol. The van der Waals surface area contributed by atoms with Gasteiger partial charge in [0.05, 0.1) is 0 Å². The molecule has 0 atom stereocenters. The molecule has 0 saturated carbocycles. The molecule has 1 rings (SSSR count).